The number of fused-ring (bicyclic) bond motifs is 1. The summed E-state index contributed by atoms with van der Waals surface area (Å²) in [5, 5.41) is 4.04. The van der Waals surface area contributed by atoms with E-state index in [1.54, 1.807) is 14.2 Å². The van der Waals surface area contributed by atoms with Crippen molar-refractivity contribution in [3.05, 3.63) is 24.3 Å². The molecule has 2 aromatic heterocycles. The summed E-state index contributed by atoms with van der Waals surface area (Å²) >= 11 is 0. The van der Waals surface area contributed by atoms with Gasteiger partial charge in [0.2, 0.25) is 11.9 Å². The standard InChI is InChI=1S/C24H34N8O4/c1-5-21-27-23(30-24(28-21)32-8-6-31(2)7-9-32)29-22-17-14-19(35-12-10-33-3)20(36-13-11-34-4)15-18(17)25-16-26-22/h14-16H,5-13H2,1-4H3,(H,25,26,27,28,29,30). The summed E-state index contributed by atoms with van der Waals surface area (Å²) in [6.07, 6.45) is 2.19. The van der Waals surface area contributed by atoms with Crippen LogP contribution in [0.25, 0.3) is 10.9 Å². The van der Waals surface area contributed by atoms with E-state index in [-0.39, 0.29) is 0 Å². The zero-order chi connectivity index (χ0) is 25.3. The van der Waals surface area contributed by atoms with Crippen LogP contribution >= 0.6 is 0 Å². The molecule has 12 heteroatoms. The second-order valence-electron chi connectivity index (χ2n) is 8.37. The maximum absolute atomic E-state index is 5.94. The van der Waals surface area contributed by atoms with E-state index in [9.17, 15) is 0 Å². The summed E-state index contributed by atoms with van der Waals surface area (Å²) in [6, 6.07) is 3.69. The average Bonchev–Trinajstić information content (AvgIpc) is 2.89. The lowest BCUT2D eigenvalue weighted by atomic mass is 10.2. The number of methoxy groups -OCH3 is 2. The molecule has 0 radical (unpaired) electrons. The van der Waals surface area contributed by atoms with E-state index in [0.29, 0.717) is 67.6 Å². The Morgan fingerprint density at radius 2 is 1.56 bits per heavy atom. The van der Waals surface area contributed by atoms with Gasteiger partial charge in [0.15, 0.2) is 11.5 Å². The quantitative estimate of drug-likeness (QED) is 0.367. The molecule has 0 bridgehead atoms. The van der Waals surface area contributed by atoms with Gasteiger partial charge in [0.05, 0.1) is 18.7 Å². The third-order valence-corrected chi connectivity index (χ3v) is 5.79. The van der Waals surface area contributed by atoms with Gasteiger partial charge in [-0.25, -0.2) is 9.97 Å². The Hall–Kier alpha value is -3.35. The van der Waals surface area contributed by atoms with Crippen molar-refractivity contribution >= 4 is 28.6 Å². The monoisotopic (exact) mass is 498 g/mol. The van der Waals surface area contributed by atoms with Crippen molar-refractivity contribution in [2.45, 2.75) is 13.3 Å². The zero-order valence-electron chi connectivity index (χ0n) is 21.4. The van der Waals surface area contributed by atoms with Gasteiger partial charge < -0.3 is 34.1 Å². The zero-order valence-corrected chi connectivity index (χ0v) is 21.4. The molecule has 0 unspecified atom stereocenters. The number of nitrogens with zero attached hydrogens (tertiary/aromatic N) is 7. The highest BCUT2D eigenvalue weighted by molar-refractivity contribution is 5.92. The Labute approximate surface area is 211 Å². The minimum atomic E-state index is 0.376. The van der Waals surface area contributed by atoms with Crippen LogP contribution in [-0.4, -0.2) is 104 Å². The van der Waals surface area contributed by atoms with Gasteiger partial charge in [0.1, 0.15) is 31.2 Å². The molecule has 1 aliphatic heterocycles. The van der Waals surface area contributed by atoms with Gasteiger partial charge in [0.25, 0.3) is 0 Å². The molecular formula is C24H34N8O4. The molecule has 1 aromatic carbocycles. The number of aryl methyl sites for hydroxylation is 1. The lowest BCUT2D eigenvalue weighted by Crippen LogP contribution is -2.45. The molecule has 0 amide bonds. The fourth-order valence-corrected chi connectivity index (χ4v) is 3.73. The molecular weight excluding hydrogens is 464 g/mol. The van der Waals surface area contributed by atoms with E-state index in [0.717, 1.165) is 37.4 Å². The maximum atomic E-state index is 5.94. The average molecular weight is 499 g/mol. The summed E-state index contributed by atoms with van der Waals surface area (Å²) < 4.78 is 22.1. The molecule has 1 fully saturated rings. The predicted molar refractivity (Wildman–Crippen MR) is 136 cm³/mol. The van der Waals surface area contributed by atoms with Crippen molar-refractivity contribution in [1.82, 2.24) is 29.8 Å². The molecule has 0 saturated carbocycles. The summed E-state index contributed by atoms with van der Waals surface area (Å²) in [4.78, 5) is 27.4. The fraction of sp³-hybridized carbons (Fsp3) is 0.542. The first-order valence-electron chi connectivity index (χ1n) is 12.1. The lowest BCUT2D eigenvalue weighted by Gasteiger charge is -2.32. The van der Waals surface area contributed by atoms with Gasteiger partial charge in [0, 0.05) is 58.3 Å². The summed E-state index contributed by atoms with van der Waals surface area (Å²) in [5.74, 6) is 3.55. The van der Waals surface area contributed by atoms with Crippen LogP contribution in [0.5, 0.6) is 11.5 Å². The summed E-state index contributed by atoms with van der Waals surface area (Å²) in [6.45, 7) is 7.37. The summed E-state index contributed by atoms with van der Waals surface area (Å²) in [7, 11) is 5.38. The first-order chi connectivity index (χ1) is 17.6. The predicted octanol–water partition coefficient (Wildman–Crippen LogP) is 1.92. The Bertz CT molecular complexity index is 1140. The highest BCUT2D eigenvalue weighted by Crippen LogP contribution is 2.35. The van der Waals surface area contributed by atoms with Crippen LogP contribution in [-0.2, 0) is 15.9 Å². The molecule has 194 valence electrons. The molecule has 4 rings (SSSR count). The molecule has 1 N–H and O–H groups in total. The molecule has 3 aromatic rings. The Kier molecular flexibility index (Phi) is 8.98. The van der Waals surface area contributed by atoms with Crippen LogP contribution in [0.4, 0.5) is 17.7 Å². The number of ether oxygens (including phenoxy) is 4. The molecule has 1 aliphatic rings. The maximum Gasteiger partial charge on any atom is 0.233 e. The van der Waals surface area contributed by atoms with Gasteiger partial charge in [-0.15, -0.1) is 0 Å². The van der Waals surface area contributed by atoms with E-state index in [1.165, 1.54) is 6.33 Å². The number of hydrogen-bond acceptors (Lipinski definition) is 12. The third kappa shape index (κ3) is 6.45. The number of aromatic nitrogens is 5. The largest absolute Gasteiger partial charge is 0.487 e. The van der Waals surface area contributed by atoms with E-state index < -0.39 is 0 Å². The van der Waals surface area contributed by atoms with Crippen molar-refractivity contribution in [2.24, 2.45) is 0 Å². The SMILES string of the molecule is CCc1nc(Nc2ncnc3cc(OCCOC)c(OCCOC)cc23)nc(N2CCN(C)CC2)n1. The smallest absolute Gasteiger partial charge is 0.233 e. The summed E-state index contributed by atoms with van der Waals surface area (Å²) in [5.41, 5.74) is 0.697. The van der Waals surface area contributed by atoms with Gasteiger partial charge in [-0.2, -0.15) is 15.0 Å². The van der Waals surface area contributed by atoms with Crippen molar-refractivity contribution in [3.8, 4) is 11.5 Å². The number of hydrogen-bond donors (Lipinski definition) is 1. The van der Waals surface area contributed by atoms with Gasteiger partial charge >= 0.3 is 0 Å². The van der Waals surface area contributed by atoms with Crippen LogP contribution in [0.1, 0.15) is 12.7 Å². The second kappa shape index (κ2) is 12.6. The number of benzene rings is 1. The molecule has 0 atom stereocenters. The number of rotatable bonds is 12. The van der Waals surface area contributed by atoms with Gasteiger partial charge in [-0.1, -0.05) is 6.92 Å². The topological polar surface area (TPSA) is 120 Å². The number of anilines is 3. The van der Waals surface area contributed by atoms with E-state index in [4.69, 9.17) is 23.9 Å². The number of nitrogens with one attached hydrogen (secondary N) is 1. The fourth-order valence-electron chi connectivity index (χ4n) is 3.73. The van der Waals surface area contributed by atoms with Crippen LogP contribution in [0, 0.1) is 0 Å². The van der Waals surface area contributed by atoms with Crippen molar-refractivity contribution < 1.29 is 18.9 Å². The van der Waals surface area contributed by atoms with Crippen LogP contribution in [0.3, 0.4) is 0 Å². The molecule has 0 spiro atoms. The van der Waals surface area contributed by atoms with E-state index in [2.05, 4.69) is 42.1 Å². The van der Waals surface area contributed by atoms with Crippen LogP contribution < -0.4 is 19.7 Å². The Morgan fingerprint density at radius 1 is 0.861 bits per heavy atom. The normalized spacial score (nSPS) is 14.3. The van der Waals surface area contributed by atoms with E-state index in [1.807, 2.05) is 19.1 Å². The van der Waals surface area contributed by atoms with Gasteiger partial charge in [-0.3, -0.25) is 0 Å². The molecule has 1 saturated heterocycles. The molecule has 12 nitrogen and oxygen atoms in total. The first kappa shape index (κ1) is 25.7. The van der Waals surface area contributed by atoms with Gasteiger partial charge in [-0.05, 0) is 13.1 Å². The van der Waals surface area contributed by atoms with Crippen molar-refractivity contribution in [3.63, 3.8) is 0 Å². The van der Waals surface area contributed by atoms with Crippen LogP contribution in [0.2, 0.25) is 0 Å². The molecule has 36 heavy (non-hydrogen) atoms. The van der Waals surface area contributed by atoms with Crippen molar-refractivity contribution in [1.29, 1.82) is 0 Å². The molecule has 0 aliphatic carbocycles. The Morgan fingerprint density at radius 3 is 2.22 bits per heavy atom. The number of piperazine rings is 1. The highest BCUT2D eigenvalue weighted by atomic mass is 16.5. The van der Waals surface area contributed by atoms with Crippen molar-refractivity contribution in [2.75, 3.05) is 84.1 Å². The first-order valence-corrected chi connectivity index (χ1v) is 12.1. The minimum Gasteiger partial charge on any atom is -0.487 e. The minimum absolute atomic E-state index is 0.376. The number of likely N-dealkylation sites (N-methyl/N-ethyl adjacent to an activating group) is 1. The van der Waals surface area contributed by atoms with Crippen LogP contribution in [0.15, 0.2) is 18.5 Å². The Balaban J connectivity index is 1.65. The third-order valence-electron chi connectivity index (χ3n) is 5.79. The second-order valence-corrected chi connectivity index (χ2v) is 8.37. The highest BCUT2D eigenvalue weighted by Gasteiger charge is 2.19. The lowest BCUT2D eigenvalue weighted by molar-refractivity contribution is 0.132. The van der Waals surface area contributed by atoms with E-state index >= 15 is 0 Å². The molecule has 3 heterocycles.